The molecule has 0 saturated carbocycles. The SMILES string of the molecule is CN1c2ccc([N+](=O)[O-])cc2C=NCC1CNC(=O)c1cccs1.Cl. The van der Waals surface area contributed by atoms with E-state index in [4.69, 9.17) is 0 Å². The number of nitro benzene ring substituents is 1. The first-order valence-electron chi connectivity index (χ1n) is 7.39. The minimum Gasteiger partial charge on any atom is -0.367 e. The van der Waals surface area contributed by atoms with Crippen molar-refractivity contribution in [3.05, 3.63) is 56.3 Å². The Morgan fingerprint density at radius 3 is 2.96 bits per heavy atom. The standard InChI is InChI=1S/C16H16N4O3S.ClH/c1-19-13(10-18-16(21)15-3-2-6-24-15)9-17-8-11-7-12(20(22)23)4-5-14(11)19;/h2-8,13H,9-10H2,1H3,(H,18,21);1H. The quantitative estimate of drug-likeness (QED) is 0.652. The lowest BCUT2D eigenvalue weighted by Gasteiger charge is -2.28. The highest BCUT2D eigenvalue weighted by molar-refractivity contribution is 7.12. The van der Waals surface area contributed by atoms with Gasteiger partial charge in [0.25, 0.3) is 11.6 Å². The molecule has 25 heavy (non-hydrogen) atoms. The summed E-state index contributed by atoms with van der Waals surface area (Å²) in [5.41, 5.74) is 1.61. The molecule has 1 aromatic carbocycles. The molecule has 0 bridgehead atoms. The summed E-state index contributed by atoms with van der Waals surface area (Å²) >= 11 is 1.40. The second kappa shape index (κ2) is 8.09. The molecule has 1 aromatic heterocycles. The first kappa shape index (κ1) is 18.9. The van der Waals surface area contributed by atoms with Gasteiger partial charge in [0.15, 0.2) is 0 Å². The summed E-state index contributed by atoms with van der Waals surface area (Å²) in [6, 6.07) is 8.32. The number of anilines is 1. The molecule has 1 atom stereocenters. The van der Waals surface area contributed by atoms with Gasteiger partial charge in [-0.25, -0.2) is 0 Å². The monoisotopic (exact) mass is 380 g/mol. The molecule has 0 radical (unpaired) electrons. The number of thiophene rings is 1. The fourth-order valence-corrected chi connectivity index (χ4v) is 3.22. The van der Waals surface area contributed by atoms with Crippen LogP contribution in [0.25, 0.3) is 0 Å². The molecule has 2 aromatic rings. The highest BCUT2D eigenvalue weighted by atomic mass is 35.5. The Hall–Kier alpha value is -2.45. The van der Waals surface area contributed by atoms with Crippen LogP contribution in [0.2, 0.25) is 0 Å². The average Bonchev–Trinajstić information content (AvgIpc) is 3.06. The van der Waals surface area contributed by atoms with Crippen molar-refractivity contribution in [1.82, 2.24) is 5.32 Å². The lowest BCUT2D eigenvalue weighted by atomic mass is 10.1. The van der Waals surface area contributed by atoms with Gasteiger partial charge in [0, 0.05) is 43.2 Å². The third-order valence-corrected chi connectivity index (χ3v) is 4.81. The van der Waals surface area contributed by atoms with E-state index in [-0.39, 0.29) is 30.0 Å². The van der Waals surface area contributed by atoms with Crippen molar-refractivity contribution < 1.29 is 9.72 Å². The summed E-state index contributed by atoms with van der Waals surface area (Å²) in [6.45, 7) is 0.949. The zero-order chi connectivity index (χ0) is 17.1. The van der Waals surface area contributed by atoms with Gasteiger partial charge in [0.2, 0.25) is 0 Å². The molecule has 1 amide bonds. The number of carbonyl (C=O) groups is 1. The molecule has 7 nitrogen and oxygen atoms in total. The minimum atomic E-state index is -0.419. The van der Waals surface area contributed by atoms with Crippen LogP contribution in [-0.4, -0.2) is 43.2 Å². The van der Waals surface area contributed by atoms with Crippen LogP contribution < -0.4 is 10.2 Å². The number of benzene rings is 1. The van der Waals surface area contributed by atoms with Gasteiger partial charge in [0.05, 0.1) is 22.4 Å². The lowest BCUT2D eigenvalue weighted by molar-refractivity contribution is -0.384. The second-order valence-corrected chi connectivity index (χ2v) is 6.39. The average molecular weight is 381 g/mol. The number of fused-ring (bicyclic) bond motifs is 1. The number of hydrogen-bond donors (Lipinski definition) is 1. The van der Waals surface area contributed by atoms with Crippen LogP contribution in [-0.2, 0) is 0 Å². The Kier molecular flexibility index (Phi) is 6.11. The second-order valence-electron chi connectivity index (χ2n) is 5.45. The van der Waals surface area contributed by atoms with Crippen molar-refractivity contribution in [2.24, 2.45) is 4.99 Å². The van der Waals surface area contributed by atoms with Crippen LogP contribution in [0.15, 0.2) is 40.7 Å². The number of non-ortho nitro benzene ring substituents is 1. The molecule has 1 unspecified atom stereocenters. The predicted octanol–water partition coefficient (Wildman–Crippen LogP) is 2.75. The number of likely N-dealkylation sites (N-methyl/N-ethyl adjacent to an activating group) is 1. The van der Waals surface area contributed by atoms with Crippen LogP contribution in [0.1, 0.15) is 15.2 Å². The molecule has 3 rings (SSSR count). The number of nitrogens with zero attached hydrogens (tertiary/aromatic N) is 3. The first-order valence-corrected chi connectivity index (χ1v) is 8.27. The molecular weight excluding hydrogens is 364 g/mol. The smallest absolute Gasteiger partial charge is 0.270 e. The Labute approximate surface area is 154 Å². The predicted molar refractivity (Wildman–Crippen MR) is 102 cm³/mol. The highest BCUT2D eigenvalue weighted by Gasteiger charge is 2.22. The Balaban J connectivity index is 0.00000225. The zero-order valence-corrected chi connectivity index (χ0v) is 15.0. The van der Waals surface area contributed by atoms with E-state index < -0.39 is 4.92 Å². The summed E-state index contributed by atoms with van der Waals surface area (Å²) in [5, 5.41) is 15.7. The van der Waals surface area contributed by atoms with E-state index in [0.717, 1.165) is 5.69 Å². The number of rotatable bonds is 4. The van der Waals surface area contributed by atoms with E-state index in [9.17, 15) is 14.9 Å². The van der Waals surface area contributed by atoms with Gasteiger partial charge in [-0.1, -0.05) is 6.07 Å². The number of carbonyl (C=O) groups excluding carboxylic acids is 1. The van der Waals surface area contributed by atoms with Crippen LogP contribution in [0.4, 0.5) is 11.4 Å². The summed E-state index contributed by atoms with van der Waals surface area (Å²) in [7, 11) is 1.90. The van der Waals surface area contributed by atoms with Crippen molar-refractivity contribution in [2.45, 2.75) is 6.04 Å². The molecule has 1 aliphatic heterocycles. The van der Waals surface area contributed by atoms with E-state index >= 15 is 0 Å². The topological polar surface area (TPSA) is 87.8 Å². The number of aliphatic imine (C=N–C) groups is 1. The number of nitro groups is 1. The fourth-order valence-electron chi connectivity index (χ4n) is 2.58. The molecule has 2 heterocycles. The Morgan fingerprint density at radius 2 is 2.28 bits per heavy atom. The third kappa shape index (κ3) is 4.15. The Bertz CT molecular complexity index is 795. The van der Waals surface area contributed by atoms with Crippen molar-refractivity contribution in [1.29, 1.82) is 0 Å². The molecule has 132 valence electrons. The molecule has 9 heteroatoms. The maximum Gasteiger partial charge on any atom is 0.270 e. The van der Waals surface area contributed by atoms with Crippen LogP contribution in [0.3, 0.4) is 0 Å². The van der Waals surface area contributed by atoms with Crippen molar-refractivity contribution in [2.75, 3.05) is 25.0 Å². The van der Waals surface area contributed by atoms with Crippen molar-refractivity contribution in [3.63, 3.8) is 0 Å². The maximum atomic E-state index is 12.1. The number of benzodiazepines with no additional fused rings is 1. The minimum absolute atomic E-state index is 0. The highest BCUT2D eigenvalue weighted by Crippen LogP contribution is 2.26. The largest absolute Gasteiger partial charge is 0.367 e. The van der Waals surface area contributed by atoms with Gasteiger partial charge in [-0.15, -0.1) is 23.7 Å². The summed E-state index contributed by atoms with van der Waals surface area (Å²) in [4.78, 5) is 29.6. The van der Waals surface area contributed by atoms with Crippen LogP contribution in [0.5, 0.6) is 0 Å². The van der Waals surface area contributed by atoms with E-state index in [0.29, 0.717) is 23.5 Å². The van der Waals surface area contributed by atoms with Gasteiger partial charge < -0.3 is 10.2 Å². The molecular formula is C16H17ClN4O3S. The Morgan fingerprint density at radius 1 is 1.48 bits per heavy atom. The third-order valence-electron chi connectivity index (χ3n) is 3.94. The van der Waals surface area contributed by atoms with Gasteiger partial charge in [-0.2, -0.15) is 0 Å². The molecule has 0 saturated heterocycles. The van der Waals surface area contributed by atoms with E-state index in [2.05, 4.69) is 10.3 Å². The number of halogens is 1. The van der Waals surface area contributed by atoms with Crippen LogP contribution in [0, 0.1) is 10.1 Å². The van der Waals surface area contributed by atoms with Gasteiger partial charge >= 0.3 is 0 Å². The van der Waals surface area contributed by atoms with Crippen LogP contribution >= 0.6 is 23.7 Å². The molecule has 1 N–H and O–H groups in total. The van der Waals surface area contributed by atoms with Gasteiger partial charge in [-0.05, 0) is 17.5 Å². The van der Waals surface area contributed by atoms with E-state index in [1.165, 1.54) is 23.5 Å². The van der Waals surface area contributed by atoms with Gasteiger partial charge in [0.1, 0.15) is 0 Å². The normalized spacial score (nSPS) is 15.7. The molecule has 1 aliphatic rings. The maximum absolute atomic E-state index is 12.1. The first-order chi connectivity index (χ1) is 11.6. The van der Waals surface area contributed by atoms with E-state index in [1.54, 1.807) is 18.3 Å². The van der Waals surface area contributed by atoms with Crippen molar-refractivity contribution in [3.8, 4) is 0 Å². The summed E-state index contributed by atoms with van der Waals surface area (Å²) < 4.78 is 0. The molecule has 0 spiro atoms. The number of nitrogens with one attached hydrogen (secondary N) is 1. The molecule has 0 aliphatic carbocycles. The fraction of sp³-hybridized carbons (Fsp3) is 0.250. The summed E-state index contributed by atoms with van der Waals surface area (Å²) in [6.07, 6.45) is 1.65. The van der Waals surface area contributed by atoms with E-state index in [1.807, 2.05) is 23.4 Å². The van der Waals surface area contributed by atoms with Crippen molar-refractivity contribution >= 4 is 47.2 Å². The molecule has 0 fully saturated rings. The lowest BCUT2D eigenvalue weighted by Crippen LogP contribution is -2.43. The van der Waals surface area contributed by atoms with Gasteiger partial charge in [-0.3, -0.25) is 19.9 Å². The zero-order valence-electron chi connectivity index (χ0n) is 13.4. The summed E-state index contributed by atoms with van der Waals surface area (Å²) in [5.74, 6) is -0.101. The number of hydrogen-bond acceptors (Lipinski definition) is 6. The number of amides is 1.